The van der Waals surface area contributed by atoms with E-state index in [9.17, 15) is 0 Å². The van der Waals surface area contributed by atoms with E-state index in [-0.39, 0.29) is 5.41 Å². The number of halogens is 1. The van der Waals surface area contributed by atoms with Crippen molar-refractivity contribution < 1.29 is 0 Å². The standard InChI is InChI=1S/C20H18ClN2/c1-20(2,3)19-13-14(11-12-22-19)17-9-6-10-18(23-17)15-7-4-5-8-16(15)21/h4,6-13H,1-3H3. The van der Waals surface area contributed by atoms with Gasteiger partial charge in [-0.3, -0.25) is 4.98 Å². The maximum Gasteiger partial charge on any atom is 0.0724 e. The summed E-state index contributed by atoms with van der Waals surface area (Å²) in [6.45, 7) is 6.47. The number of nitrogens with zero attached hydrogens (tertiary/aromatic N) is 2. The van der Waals surface area contributed by atoms with Crippen LogP contribution in [0.2, 0.25) is 5.02 Å². The van der Waals surface area contributed by atoms with Crippen LogP contribution in [-0.2, 0) is 5.41 Å². The third kappa shape index (κ3) is 3.43. The van der Waals surface area contributed by atoms with E-state index in [4.69, 9.17) is 16.6 Å². The first-order valence-corrected chi connectivity index (χ1v) is 7.93. The minimum atomic E-state index is 0.00614. The number of pyridine rings is 2. The van der Waals surface area contributed by atoms with Crippen molar-refractivity contribution in [1.29, 1.82) is 0 Å². The van der Waals surface area contributed by atoms with Gasteiger partial charge >= 0.3 is 0 Å². The van der Waals surface area contributed by atoms with Gasteiger partial charge in [-0.1, -0.05) is 50.6 Å². The zero-order valence-corrected chi connectivity index (χ0v) is 14.2. The second-order valence-corrected chi connectivity index (χ2v) is 6.90. The Morgan fingerprint density at radius 2 is 1.83 bits per heavy atom. The van der Waals surface area contributed by atoms with Gasteiger partial charge in [0.1, 0.15) is 0 Å². The van der Waals surface area contributed by atoms with Gasteiger partial charge in [0.05, 0.1) is 16.4 Å². The lowest BCUT2D eigenvalue weighted by Gasteiger charge is -2.18. The van der Waals surface area contributed by atoms with Crippen LogP contribution in [0.1, 0.15) is 26.5 Å². The number of rotatable bonds is 2. The molecule has 0 N–H and O–H groups in total. The summed E-state index contributed by atoms with van der Waals surface area (Å²) in [5.74, 6) is 0. The van der Waals surface area contributed by atoms with Gasteiger partial charge in [-0.05, 0) is 36.4 Å². The van der Waals surface area contributed by atoms with E-state index < -0.39 is 0 Å². The Morgan fingerprint density at radius 3 is 2.57 bits per heavy atom. The molecule has 0 spiro atoms. The average molecular weight is 322 g/mol. The molecule has 0 aliphatic rings. The molecule has 3 aromatic rings. The van der Waals surface area contributed by atoms with Crippen molar-refractivity contribution in [1.82, 2.24) is 9.97 Å². The fraction of sp³-hybridized carbons (Fsp3) is 0.200. The maximum atomic E-state index is 6.26. The first kappa shape index (κ1) is 15.7. The van der Waals surface area contributed by atoms with Crippen LogP contribution >= 0.6 is 11.6 Å². The van der Waals surface area contributed by atoms with Crippen molar-refractivity contribution in [3.8, 4) is 22.5 Å². The molecule has 3 heteroatoms. The lowest BCUT2D eigenvalue weighted by atomic mass is 9.90. The molecule has 23 heavy (non-hydrogen) atoms. The molecule has 0 bridgehead atoms. The van der Waals surface area contributed by atoms with E-state index in [1.54, 1.807) is 6.07 Å². The van der Waals surface area contributed by atoms with Gasteiger partial charge in [0.25, 0.3) is 0 Å². The monoisotopic (exact) mass is 321 g/mol. The molecule has 1 radical (unpaired) electrons. The third-order valence-corrected chi connectivity index (χ3v) is 3.98. The highest BCUT2D eigenvalue weighted by Crippen LogP contribution is 2.29. The van der Waals surface area contributed by atoms with Gasteiger partial charge in [0.15, 0.2) is 0 Å². The van der Waals surface area contributed by atoms with Crippen LogP contribution in [0.15, 0.2) is 54.7 Å². The molecule has 0 saturated heterocycles. The molecule has 2 heterocycles. The maximum absolute atomic E-state index is 6.26. The van der Waals surface area contributed by atoms with E-state index >= 15 is 0 Å². The second kappa shape index (κ2) is 6.13. The SMILES string of the molecule is CC(C)(C)c1cc(-c2cccc(-c3cc[c]cc3Cl)n2)ccn1. The predicted molar refractivity (Wildman–Crippen MR) is 95.5 cm³/mol. The summed E-state index contributed by atoms with van der Waals surface area (Å²) in [6, 6.07) is 18.6. The zero-order valence-electron chi connectivity index (χ0n) is 13.5. The van der Waals surface area contributed by atoms with Gasteiger partial charge in [0.2, 0.25) is 0 Å². The van der Waals surface area contributed by atoms with Crippen LogP contribution in [0.5, 0.6) is 0 Å². The van der Waals surface area contributed by atoms with Crippen molar-refractivity contribution in [2.45, 2.75) is 26.2 Å². The smallest absolute Gasteiger partial charge is 0.0724 e. The summed E-state index contributed by atoms with van der Waals surface area (Å²) in [5, 5.41) is 0.655. The Morgan fingerprint density at radius 1 is 1.04 bits per heavy atom. The van der Waals surface area contributed by atoms with Gasteiger partial charge in [0, 0.05) is 28.4 Å². The summed E-state index contributed by atoms with van der Waals surface area (Å²) < 4.78 is 0. The van der Waals surface area contributed by atoms with Crippen LogP contribution in [0.3, 0.4) is 0 Å². The van der Waals surface area contributed by atoms with Gasteiger partial charge in [-0.25, -0.2) is 4.98 Å². The van der Waals surface area contributed by atoms with Crippen LogP contribution in [0.25, 0.3) is 22.5 Å². The van der Waals surface area contributed by atoms with E-state index in [2.05, 4.69) is 37.9 Å². The fourth-order valence-electron chi connectivity index (χ4n) is 2.36. The molecule has 1 aromatic carbocycles. The summed E-state index contributed by atoms with van der Waals surface area (Å²) in [4.78, 5) is 9.25. The minimum absolute atomic E-state index is 0.00614. The molecule has 0 fully saturated rings. The van der Waals surface area contributed by atoms with Crippen molar-refractivity contribution >= 4 is 11.6 Å². The van der Waals surface area contributed by atoms with Crippen molar-refractivity contribution in [2.75, 3.05) is 0 Å². The van der Waals surface area contributed by atoms with Crippen molar-refractivity contribution in [3.05, 3.63) is 71.5 Å². The Hall–Kier alpha value is -2.19. The topological polar surface area (TPSA) is 25.8 Å². The normalized spacial score (nSPS) is 11.5. The molecule has 0 atom stereocenters. The lowest BCUT2D eigenvalue weighted by Crippen LogP contribution is -2.13. The minimum Gasteiger partial charge on any atom is -0.261 e. The van der Waals surface area contributed by atoms with E-state index in [0.29, 0.717) is 5.02 Å². The first-order chi connectivity index (χ1) is 10.9. The highest BCUT2D eigenvalue weighted by Gasteiger charge is 2.16. The van der Waals surface area contributed by atoms with Crippen molar-refractivity contribution in [2.24, 2.45) is 0 Å². The summed E-state index contributed by atoms with van der Waals surface area (Å²) in [6.07, 6.45) is 1.84. The summed E-state index contributed by atoms with van der Waals surface area (Å²) in [7, 11) is 0. The second-order valence-electron chi connectivity index (χ2n) is 6.49. The molecule has 0 unspecified atom stereocenters. The third-order valence-electron chi connectivity index (χ3n) is 3.66. The number of aromatic nitrogens is 2. The first-order valence-electron chi connectivity index (χ1n) is 7.55. The molecule has 0 amide bonds. The number of benzene rings is 1. The number of hydrogen-bond donors (Lipinski definition) is 0. The van der Waals surface area contributed by atoms with Crippen LogP contribution in [0, 0.1) is 6.07 Å². The predicted octanol–water partition coefficient (Wildman–Crippen LogP) is 5.56. The van der Waals surface area contributed by atoms with Gasteiger partial charge < -0.3 is 0 Å². The summed E-state index contributed by atoms with van der Waals surface area (Å²) >= 11 is 6.26. The molecule has 0 aliphatic heterocycles. The average Bonchev–Trinajstić information content (AvgIpc) is 2.55. The van der Waals surface area contributed by atoms with E-state index in [1.165, 1.54) is 0 Å². The largest absolute Gasteiger partial charge is 0.261 e. The molecule has 0 saturated carbocycles. The quantitative estimate of drug-likeness (QED) is 0.617. The molecular formula is C20H18ClN2. The number of hydrogen-bond acceptors (Lipinski definition) is 2. The Balaban J connectivity index is 2.06. The highest BCUT2D eigenvalue weighted by molar-refractivity contribution is 6.33. The Kier molecular flexibility index (Phi) is 4.18. The van der Waals surface area contributed by atoms with Crippen LogP contribution in [0.4, 0.5) is 0 Å². The van der Waals surface area contributed by atoms with E-state index in [0.717, 1.165) is 28.2 Å². The van der Waals surface area contributed by atoms with Crippen LogP contribution < -0.4 is 0 Å². The molecule has 2 aromatic heterocycles. The molecule has 3 rings (SSSR count). The van der Waals surface area contributed by atoms with Gasteiger partial charge in [-0.15, -0.1) is 0 Å². The fourth-order valence-corrected chi connectivity index (χ4v) is 2.59. The molecule has 115 valence electrons. The molecule has 2 nitrogen and oxygen atoms in total. The Labute approximate surface area is 142 Å². The highest BCUT2D eigenvalue weighted by atomic mass is 35.5. The lowest BCUT2D eigenvalue weighted by molar-refractivity contribution is 0.569. The summed E-state index contributed by atoms with van der Waals surface area (Å²) in [5.41, 5.74) is 4.80. The molecular weight excluding hydrogens is 304 g/mol. The van der Waals surface area contributed by atoms with Gasteiger partial charge in [-0.2, -0.15) is 0 Å². The zero-order chi connectivity index (χ0) is 16.4. The molecule has 0 aliphatic carbocycles. The van der Waals surface area contributed by atoms with Crippen LogP contribution in [-0.4, -0.2) is 9.97 Å². The Bertz CT molecular complexity index is 835. The van der Waals surface area contributed by atoms with Crippen molar-refractivity contribution in [3.63, 3.8) is 0 Å². The van der Waals surface area contributed by atoms with E-state index in [1.807, 2.05) is 42.6 Å².